The maximum atomic E-state index is 13.0. The molecule has 4 nitrogen and oxygen atoms in total. The van der Waals surface area contributed by atoms with Crippen molar-refractivity contribution >= 4 is 5.97 Å². The summed E-state index contributed by atoms with van der Waals surface area (Å²) in [5.41, 5.74) is -0.562. The summed E-state index contributed by atoms with van der Waals surface area (Å²) < 4.78 is 31.3. The lowest BCUT2D eigenvalue weighted by atomic mass is 10.0. The topological polar surface area (TPSA) is 49.8 Å². The molecule has 0 aliphatic carbocycles. The van der Waals surface area contributed by atoms with Gasteiger partial charge in [-0.25, -0.2) is 8.78 Å². The van der Waals surface area contributed by atoms with Crippen LogP contribution in [0.4, 0.5) is 8.78 Å². The number of aliphatic hydroxyl groups excluding tert-OH is 1. The first-order valence-corrected chi connectivity index (χ1v) is 7.00. The van der Waals surface area contributed by atoms with E-state index in [0.29, 0.717) is 0 Å². The molecule has 0 spiro atoms. The van der Waals surface area contributed by atoms with Gasteiger partial charge in [-0.15, -0.1) is 0 Å². The highest BCUT2D eigenvalue weighted by atomic mass is 19.3. The zero-order valence-corrected chi connectivity index (χ0v) is 12.7. The molecule has 1 aliphatic heterocycles. The molecule has 2 atom stereocenters. The van der Waals surface area contributed by atoms with Gasteiger partial charge in [0.25, 0.3) is 5.92 Å². The summed E-state index contributed by atoms with van der Waals surface area (Å²) in [5.74, 6) is -3.48. The summed E-state index contributed by atoms with van der Waals surface area (Å²) in [5, 5.41) is 9.90. The number of hydrogen-bond acceptors (Lipinski definition) is 4. The SMILES string of the molecule is CC(CC(O)CN1CCC(F)(F)C1)C(=O)OC(C)(C)C. The third kappa shape index (κ3) is 6.13. The standard InChI is InChI=1S/C14H25F2NO3/c1-10(12(19)20-13(2,3)4)7-11(18)8-17-6-5-14(15,16)9-17/h10-11,18H,5-9H2,1-4H3. The van der Waals surface area contributed by atoms with E-state index in [1.807, 2.05) is 0 Å². The fourth-order valence-corrected chi connectivity index (χ4v) is 2.24. The van der Waals surface area contributed by atoms with Crippen LogP contribution in [0.15, 0.2) is 0 Å². The summed E-state index contributed by atoms with van der Waals surface area (Å²) in [6, 6.07) is 0. The molecule has 118 valence electrons. The van der Waals surface area contributed by atoms with Gasteiger partial charge in [0.15, 0.2) is 0 Å². The summed E-state index contributed by atoms with van der Waals surface area (Å²) in [7, 11) is 0. The van der Waals surface area contributed by atoms with E-state index in [9.17, 15) is 18.7 Å². The maximum Gasteiger partial charge on any atom is 0.309 e. The third-order valence-electron chi connectivity index (χ3n) is 3.15. The van der Waals surface area contributed by atoms with Crippen LogP contribution in [-0.2, 0) is 9.53 Å². The number of halogens is 2. The van der Waals surface area contributed by atoms with Crippen LogP contribution in [0.2, 0.25) is 0 Å². The Labute approximate surface area is 119 Å². The van der Waals surface area contributed by atoms with Crippen molar-refractivity contribution in [3.8, 4) is 0 Å². The fourth-order valence-electron chi connectivity index (χ4n) is 2.24. The van der Waals surface area contributed by atoms with E-state index >= 15 is 0 Å². The smallest absolute Gasteiger partial charge is 0.309 e. The van der Waals surface area contributed by atoms with Crippen LogP contribution in [0.1, 0.15) is 40.5 Å². The molecule has 0 radical (unpaired) electrons. The molecule has 0 amide bonds. The second-order valence-electron chi connectivity index (χ2n) is 6.67. The summed E-state index contributed by atoms with van der Waals surface area (Å²) in [6.45, 7) is 7.15. The van der Waals surface area contributed by atoms with Gasteiger partial charge < -0.3 is 9.84 Å². The van der Waals surface area contributed by atoms with Crippen molar-refractivity contribution in [2.24, 2.45) is 5.92 Å². The quantitative estimate of drug-likeness (QED) is 0.788. The highest BCUT2D eigenvalue weighted by Crippen LogP contribution is 2.27. The van der Waals surface area contributed by atoms with Crippen LogP contribution < -0.4 is 0 Å². The Morgan fingerprint density at radius 1 is 1.45 bits per heavy atom. The van der Waals surface area contributed by atoms with Gasteiger partial charge in [-0.1, -0.05) is 6.92 Å². The average Bonchev–Trinajstić information content (AvgIpc) is 2.54. The Bertz CT molecular complexity index is 342. The largest absolute Gasteiger partial charge is 0.460 e. The van der Waals surface area contributed by atoms with Gasteiger partial charge in [0.05, 0.1) is 18.6 Å². The first kappa shape index (κ1) is 17.3. The van der Waals surface area contributed by atoms with Crippen molar-refractivity contribution in [1.29, 1.82) is 0 Å². The number of rotatable bonds is 5. The second-order valence-corrected chi connectivity index (χ2v) is 6.67. The highest BCUT2D eigenvalue weighted by molar-refractivity contribution is 5.72. The van der Waals surface area contributed by atoms with E-state index in [2.05, 4.69) is 0 Å². The first-order chi connectivity index (χ1) is 8.98. The van der Waals surface area contributed by atoms with Crippen LogP contribution >= 0.6 is 0 Å². The van der Waals surface area contributed by atoms with Gasteiger partial charge in [-0.05, 0) is 27.2 Å². The van der Waals surface area contributed by atoms with Gasteiger partial charge in [-0.3, -0.25) is 9.69 Å². The fraction of sp³-hybridized carbons (Fsp3) is 0.929. The lowest BCUT2D eigenvalue weighted by Crippen LogP contribution is -2.35. The number of alkyl halides is 2. The minimum Gasteiger partial charge on any atom is -0.460 e. The predicted octanol–water partition coefficient (Wildman–Crippen LogP) is 2.06. The van der Waals surface area contributed by atoms with Crippen LogP contribution in [0.25, 0.3) is 0 Å². The van der Waals surface area contributed by atoms with Crippen LogP contribution in [0, 0.1) is 5.92 Å². The van der Waals surface area contributed by atoms with E-state index in [0.717, 1.165) is 0 Å². The summed E-state index contributed by atoms with van der Waals surface area (Å²) >= 11 is 0. The molecule has 20 heavy (non-hydrogen) atoms. The van der Waals surface area contributed by atoms with Crippen molar-refractivity contribution in [2.45, 2.75) is 58.2 Å². The number of β-amino-alcohol motifs (C(OH)–C–C–N with tert-alkyl or cyclic N) is 1. The monoisotopic (exact) mass is 293 g/mol. The Balaban J connectivity index is 2.35. The predicted molar refractivity (Wildman–Crippen MR) is 71.6 cm³/mol. The summed E-state index contributed by atoms with van der Waals surface area (Å²) in [4.78, 5) is 13.3. The highest BCUT2D eigenvalue weighted by Gasteiger charge is 2.38. The van der Waals surface area contributed by atoms with Gasteiger partial charge in [-0.2, -0.15) is 0 Å². The number of likely N-dealkylation sites (tertiary alicyclic amines) is 1. The minimum atomic E-state index is -2.66. The molecule has 6 heteroatoms. The molecule has 0 saturated carbocycles. The number of esters is 1. The lowest BCUT2D eigenvalue weighted by Gasteiger charge is -2.25. The zero-order chi connectivity index (χ0) is 15.6. The van der Waals surface area contributed by atoms with E-state index in [-0.39, 0.29) is 38.4 Å². The molecule has 0 bridgehead atoms. The Hall–Kier alpha value is -0.750. The Morgan fingerprint density at radius 2 is 2.05 bits per heavy atom. The molecule has 1 aliphatic rings. The van der Waals surface area contributed by atoms with Gasteiger partial charge in [0.1, 0.15) is 5.60 Å². The lowest BCUT2D eigenvalue weighted by molar-refractivity contribution is -0.160. The number of carbonyl (C=O) groups is 1. The first-order valence-electron chi connectivity index (χ1n) is 7.00. The molecule has 0 aromatic carbocycles. The molecule has 1 rings (SSSR count). The third-order valence-corrected chi connectivity index (χ3v) is 3.15. The number of nitrogens with zero attached hydrogens (tertiary/aromatic N) is 1. The maximum absolute atomic E-state index is 13.0. The normalized spacial score (nSPS) is 22.6. The molecule has 1 N–H and O–H groups in total. The molecule has 1 fully saturated rings. The van der Waals surface area contributed by atoms with Gasteiger partial charge in [0.2, 0.25) is 0 Å². The van der Waals surface area contributed by atoms with Crippen molar-refractivity contribution < 1.29 is 23.4 Å². The Morgan fingerprint density at radius 3 is 2.50 bits per heavy atom. The molecular formula is C14H25F2NO3. The number of hydrogen-bond donors (Lipinski definition) is 1. The molecule has 0 aromatic heterocycles. The number of carbonyl (C=O) groups excluding carboxylic acids is 1. The Kier molecular flexibility index (Phi) is 5.49. The van der Waals surface area contributed by atoms with Crippen molar-refractivity contribution in [2.75, 3.05) is 19.6 Å². The van der Waals surface area contributed by atoms with Crippen LogP contribution in [-0.4, -0.2) is 53.2 Å². The minimum absolute atomic E-state index is 0.165. The van der Waals surface area contributed by atoms with Crippen molar-refractivity contribution in [3.05, 3.63) is 0 Å². The summed E-state index contributed by atoms with van der Waals surface area (Å²) in [6.07, 6.45) is -0.746. The van der Waals surface area contributed by atoms with Gasteiger partial charge in [0, 0.05) is 19.5 Å². The average molecular weight is 293 g/mol. The molecular weight excluding hydrogens is 268 g/mol. The second kappa shape index (κ2) is 6.35. The van der Waals surface area contributed by atoms with E-state index in [1.165, 1.54) is 4.90 Å². The van der Waals surface area contributed by atoms with Crippen molar-refractivity contribution in [1.82, 2.24) is 4.90 Å². The number of aliphatic hydroxyl groups is 1. The number of ether oxygens (including phenoxy) is 1. The van der Waals surface area contributed by atoms with Gasteiger partial charge >= 0.3 is 5.97 Å². The van der Waals surface area contributed by atoms with E-state index in [4.69, 9.17) is 4.74 Å². The van der Waals surface area contributed by atoms with Crippen molar-refractivity contribution in [3.63, 3.8) is 0 Å². The molecule has 2 unspecified atom stereocenters. The molecule has 1 saturated heterocycles. The van der Waals surface area contributed by atoms with Crippen LogP contribution in [0.3, 0.4) is 0 Å². The van der Waals surface area contributed by atoms with Crippen LogP contribution in [0.5, 0.6) is 0 Å². The zero-order valence-electron chi connectivity index (χ0n) is 12.7. The van der Waals surface area contributed by atoms with E-state index in [1.54, 1.807) is 27.7 Å². The molecule has 1 heterocycles. The van der Waals surface area contributed by atoms with E-state index < -0.39 is 23.5 Å². The molecule has 0 aromatic rings.